The molecule has 27 heavy (non-hydrogen) atoms. The van der Waals surface area contributed by atoms with E-state index in [0.29, 0.717) is 5.75 Å². The molecule has 2 aromatic carbocycles. The van der Waals surface area contributed by atoms with Gasteiger partial charge in [-0.1, -0.05) is 59.3 Å². The number of carbonyl (C=O) groups excluding carboxylic acids is 1. The average Bonchev–Trinajstić information content (AvgIpc) is 3.08. The van der Waals surface area contributed by atoms with E-state index in [0.717, 1.165) is 34.4 Å². The van der Waals surface area contributed by atoms with E-state index in [1.54, 1.807) is 11.8 Å². The molecule has 140 valence electrons. The lowest BCUT2D eigenvalue weighted by Crippen LogP contribution is -2.06. The maximum absolute atomic E-state index is 12.4. The molecule has 0 unspecified atom stereocenters. The highest BCUT2D eigenvalue weighted by Gasteiger charge is 2.14. The Morgan fingerprint density at radius 1 is 0.926 bits per heavy atom. The molecule has 0 aliphatic heterocycles. The van der Waals surface area contributed by atoms with Gasteiger partial charge in [0.2, 0.25) is 0 Å². The molecule has 0 saturated carbocycles. The normalized spacial score (nSPS) is 10.9. The summed E-state index contributed by atoms with van der Waals surface area (Å²) in [5.41, 5.74) is 3.15. The van der Waals surface area contributed by atoms with Crippen molar-refractivity contribution in [2.24, 2.45) is 0 Å². The Morgan fingerprint density at radius 2 is 1.56 bits per heavy atom. The van der Waals surface area contributed by atoms with E-state index in [9.17, 15) is 4.79 Å². The second kappa shape index (κ2) is 9.24. The third kappa shape index (κ3) is 5.23. The van der Waals surface area contributed by atoms with E-state index in [2.05, 4.69) is 52.9 Å². The third-order valence-electron chi connectivity index (χ3n) is 4.20. The highest BCUT2D eigenvalue weighted by Crippen LogP contribution is 2.25. The number of nitrogens with zero attached hydrogens (tertiary/aromatic N) is 3. The zero-order valence-electron chi connectivity index (χ0n) is 15.8. The summed E-state index contributed by atoms with van der Waals surface area (Å²) < 4.78 is 2.09. The molecular formula is C21H23N3OS2. The lowest BCUT2D eigenvalue weighted by Gasteiger charge is -2.07. The monoisotopic (exact) mass is 397 g/mol. The van der Waals surface area contributed by atoms with Crippen molar-refractivity contribution in [3.63, 3.8) is 0 Å². The number of hydrogen-bond donors (Lipinski definition) is 0. The topological polar surface area (TPSA) is 47.8 Å². The quantitative estimate of drug-likeness (QED) is 0.387. The van der Waals surface area contributed by atoms with Crippen LogP contribution in [0.5, 0.6) is 0 Å². The van der Waals surface area contributed by atoms with Crippen LogP contribution in [0.15, 0.2) is 58.6 Å². The van der Waals surface area contributed by atoms with Crippen LogP contribution in [-0.2, 0) is 12.3 Å². The smallest absolute Gasteiger partial charge is 0.191 e. The summed E-state index contributed by atoms with van der Waals surface area (Å²) in [6.07, 6.45) is 0. The van der Waals surface area contributed by atoms with Crippen molar-refractivity contribution in [3.05, 3.63) is 71.0 Å². The zero-order valence-corrected chi connectivity index (χ0v) is 17.4. The van der Waals surface area contributed by atoms with E-state index >= 15 is 0 Å². The molecule has 1 heterocycles. The maximum Gasteiger partial charge on any atom is 0.191 e. The van der Waals surface area contributed by atoms with E-state index in [-0.39, 0.29) is 5.78 Å². The van der Waals surface area contributed by atoms with Gasteiger partial charge >= 0.3 is 0 Å². The molecule has 1 aromatic heterocycles. The van der Waals surface area contributed by atoms with E-state index in [4.69, 9.17) is 0 Å². The van der Waals surface area contributed by atoms with Crippen molar-refractivity contribution in [1.82, 2.24) is 14.8 Å². The predicted molar refractivity (Wildman–Crippen MR) is 113 cm³/mol. The van der Waals surface area contributed by atoms with E-state index < -0.39 is 0 Å². The molecule has 3 aromatic rings. The number of thioether (sulfide) groups is 2. The van der Waals surface area contributed by atoms with Gasteiger partial charge in [0, 0.05) is 17.0 Å². The Kier molecular flexibility index (Phi) is 6.74. The van der Waals surface area contributed by atoms with E-state index in [1.165, 1.54) is 22.2 Å². The van der Waals surface area contributed by atoms with Gasteiger partial charge in [-0.05, 0) is 32.9 Å². The fourth-order valence-electron chi connectivity index (χ4n) is 2.59. The van der Waals surface area contributed by atoms with Crippen molar-refractivity contribution in [2.75, 3.05) is 5.75 Å². The minimum atomic E-state index is 0.112. The van der Waals surface area contributed by atoms with Gasteiger partial charge in [0.05, 0.1) is 11.5 Å². The summed E-state index contributed by atoms with van der Waals surface area (Å²) >= 11 is 3.20. The van der Waals surface area contributed by atoms with Crippen LogP contribution in [-0.4, -0.2) is 26.3 Å². The molecule has 0 saturated heterocycles. The predicted octanol–water partition coefficient (Wildman–Crippen LogP) is 5.18. The first-order valence-electron chi connectivity index (χ1n) is 8.91. The number of rotatable bonds is 8. The molecule has 0 N–H and O–H groups in total. The minimum Gasteiger partial charge on any atom is -0.306 e. The summed E-state index contributed by atoms with van der Waals surface area (Å²) in [5, 5.41) is 9.45. The molecule has 4 nitrogen and oxygen atoms in total. The van der Waals surface area contributed by atoms with Crippen LogP contribution in [0.25, 0.3) is 0 Å². The molecule has 0 fully saturated rings. The van der Waals surface area contributed by atoms with Crippen LogP contribution in [0.3, 0.4) is 0 Å². The molecule has 3 rings (SSSR count). The molecule has 0 atom stereocenters. The number of aromatic nitrogens is 3. The van der Waals surface area contributed by atoms with Crippen molar-refractivity contribution >= 4 is 29.3 Å². The standard InChI is InChI=1S/C21H23N3OS2/c1-4-24-20(14-26-18-11-7-16(3)8-12-18)22-23-21(24)27-13-19(25)17-9-5-15(2)6-10-17/h5-12H,4,13-14H2,1-3H3. The number of Topliss-reactive ketones (excluding diaryl/α,β-unsaturated/α-hetero) is 1. The van der Waals surface area contributed by atoms with Crippen molar-refractivity contribution in [2.45, 2.75) is 43.1 Å². The first kappa shape index (κ1) is 19.7. The van der Waals surface area contributed by atoms with Gasteiger partial charge < -0.3 is 4.57 Å². The summed E-state index contributed by atoms with van der Waals surface area (Å²) in [6, 6.07) is 16.2. The van der Waals surface area contributed by atoms with Crippen LogP contribution in [0.1, 0.15) is 34.2 Å². The molecule has 6 heteroatoms. The second-order valence-electron chi connectivity index (χ2n) is 6.32. The molecule has 0 amide bonds. The minimum absolute atomic E-state index is 0.112. The third-order valence-corrected chi connectivity index (χ3v) is 6.18. The van der Waals surface area contributed by atoms with Crippen molar-refractivity contribution in [3.8, 4) is 0 Å². The Balaban J connectivity index is 1.62. The van der Waals surface area contributed by atoms with Gasteiger partial charge in [0.25, 0.3) is 0 Å². The molecule has 0 bridgehead atoms. The number of hydrogen-bond acceptors (Lipinski definition) is 5. The Labute approximate surface area is 168 Å². The van der Waals surface area contributed by atoms with Crippen LogP contribution in [0.4, 0.5) is 0 Å². The van der Waals surface area contributed by atoms with Gasteiger partial charge in [-0.25, -0.2) is 0 Å². The SMILES string of the molecule is CCn1c(CSc2ccc(C)cc2)nnc1SCC(=O)c1ccc(C)cc1. The van der Waals surface area contributed by atoms with Crippen molar-refractivity contribution in [1.29, 1.82) is 0 Å². The average molecular weight is 398 g/mol. The fraction of sp³-hybridized carbons (Fsp3) is 0.286. The lowest BCUT2D eigenvalue weighted by molar-refractivity contribution is 0.102. The first-order valence-corrected chi connectivity index (χ1v) is 10.9. The summed E-state index contributed by atoms with van der Waals surface area (Å²) in [6.45, 7) is 6.97. The van der Waals surface area contributed by atoms with Gasteiger partial charge in [-0.2, -0.15) is 0 Å². The van der Waals surface area contributed by atoms with E-state index in [1.807, 2.05) is 31.2 Å². The van der Waals surface area contributed by atoms with Gasteiger partial charge in [-0.15, -0.1) is 22.0 Å². The number of benzene rings is 2. The highest BCUT2D eigenvalue weighted by molar-refractivity contribution is 7.99. The largest absolute Gasteiger partial charge is 0.306 e. The Hall–Kier alpha value is -2.05. The summed E-state index contributed by atoms with van der Waals surface area (Å²) in [5.74, 6) is 2.18. The molecular weight excluding hydrogens is 374 g/mol. The van der Waals surface area contributed by atoms with Gasteiger partial charge in [0.15, 0.2) is 10.9 Å². The first-order chi connectivity index (χ1) is 13.1. The van der Waals surface area contributed by atoms with Crippen LogP contribution in [0, 0.1) is 13.8 Å². The molecule has 0 aliphatic carbocycles. The zero-order chi connectivity index (χ0) is 19.2. The number of ketones is 1. The number of carbonyl (C=O) groups is 1. The Morgan fingerprint density at radius 3 is 2.19 bits per heavy atom. The summed E-state index contributed by atoms with van der Waals surface area (Å²) in [4.78, 5) is 13.6. The maximum atomic E-state index is 12.4. The second-order valence-corrected chi connectivity index (χ2v) is 8.31. The molecule has 0 aliphatic rings. The Bertz CT molecular complexity index is 902. The number of aryl methyl sites for hydroxylation is 2. The molecule has 0 spiro atoms. The lowest BCUT2D eigenvalue weighted by atomic mass is 10.1. The highest BCUT2D eigenvalue weighted by atomic mass is 32.2. The summed E-state index contributed by atoms with van der Waals surface area (Å²) in [7, 11) is 0. The van der Waals surface area contributed by atoms with Crippen LogP contribution in [0.2, 0.25) is 0 Å². The van der Waals surface area contributed by atoms with Gasteiger partial charge in [-0.3, -0.25) is 4.79 Å². The van der Waals surface area contributed by atoms with Crippen molar-refractivity contribution < 1.29 is 4.79 Å². The van der Waals surface area contributed by atoms with Crippen LogP contribution < -0.4 is 0 Å². The molecule has 0 radical (unpaired) electrons. The fourth-order valence-corrected chi connectivity index (χ4v) is 4.34. The van der Waals surface area contributed by atoms with Crippen LogP contribution >= 0.6 is 23.5 Å². The van der Waals surface area contributed by atoms with Gasteiger partial charge in [0.1, 0.15) is 5.82 Å².